The molecule has 3 heterocycles. The lowest BCUT2D eigenvalue weighted by molar-refractivity contribution is -0.141. The van der Waals surface area contributed by atoms with E-state index in [0.717, 1.165) is 47.7 Å². The number of nitrogens with zero attached hydrogens (tertiary/aromatic N) is 1. The second kappa shape index (κ2) is 12.0. The molecule has 2 aliphatic rings. The van der Waals surface area contributed by atoms with Crippen molar-refractivity contribution in [3.8, 4) is 0 Å². The molecule has 0 aliphatic carbocycles. The third kappa shape index (κ3) is 6.33. The summed E-state index contributed by atoms with van der Waals surface area (Å²) in [6, 6.07) is 12.2. The van der Waals surface area contributed by atoms with Gasteiger partial charge in [0.25, 0.3) is 0 Å². The molecule has 0 radical (unpaired) electrons. The third-order valence-electron chi connectivity index (χ3n) is 8.05. The highest BCUT2D eigenvalue weighted by atomic mass is 32.2. The number of carbonyl (C=O) groups excluding carboxylic acids is 2. The summed E-state index contributed by atoms with van der Waals surface area (Å²) in [4.78, 5) is 30.2. The van der Waals surface area contributed by atoms with Gasteiger partial charge in [0.1, 0.15) is 10.9 Å². The Morgan fingerprint density at radius 1 is 1.12 bits per heavy atom. The SMILES string of the molecule is CC(=O)OCCC1CCN(C(=O)C(Cc2c[nH]c3ccccc23)NS(=O)(=O)c2cccc3c2NC[C@@H](C)C3)CC1. The van der Waals surface area contributed by atoms with Gasteiger partial charge in [0.05, 0.1) is 12.3 Å². The van der Waals surface area contributed by atoms with Crippen molar-refractivity contribution >= 4 is 38.5 Å². The topological polar surface area (TPSA) is 121 Å². The van der Waals surface area contributed by atoms with Crippen LogP contribution in [0.2, 0.25) is 0 Å². The molecule has 9 nitrogen and oxygen atoms in total. The van der Waals surface area contributed by atoms with E-state index in [0.29, 0.717) is 43.8 Å². The van der Waals surface area contributed by atoms with E-state index in [2.05, 4.69) is 21.9 Å². The molecule has 10 heteroatoms. The van der Waals surface area contributed by atoms with Crippen molar-refractivity contribution in [3.05, 3.63) is 59.8 Å². The number of anilines is 1. The summed E-state index contributed by atoms with van der Waals surface area (Å²) in [7, 11) is -4.01. The zero-order valence-electron chi connectivity index (χ0n) is 23.1. The number of nitrogens with one attached hydrogen (secondary N) is 3. The first kappa shape index (κ1) is 28.2. The second-order valence-electron chi connectivity index (χ2n) is 11.1. The summed E-state index contributed by atoms with van der Waals surface area (Å²) in [6.07, 6.45) is 5.22. The fourth-order valence-corrected chi connectivity index (χ4v) is 7.29. The van der Waals surface area contributed by atoms with E-state index in [1.165, 1.54) is 6.92 Å². The number of hydrogen-bond donors (Lipinski definition) is 3. The van der Waals surface area contributed by atoms with Crippen LogP contribution in [-0.4, -0.2) is 62.5 Å². The van der Waals surface area contributed by atoms with Gasteiger partial charge in [-0.05, 0) is 67.2 Å². The number of fused-ring (bicyclic) bond motifs is 2. The van der Waals surface area contributed by atoms with E-state index < -0.39 is 16.1 Å². The summed E-state index contributed by atoms with van der Waals surface area (Å²) in [6.45, 7) is 5.68. The number of hydrogen-bond acceptors (Lipinski definition) is 6. The number of amides is 1. The molecule has 1 aromatic heterocycles. The van der Waals surface area contributed by atoms with E-state index in [1.54, 1.807) is 17.0 Å². The van der Waals surface area contributed by atoms with E-state index in [-0.39, 0.29) is 23.2 Å². The van der Waals surface area contributed by atoms with Gasteiger partial charge in [-0.15, -0.1) is 0 Å². The van der Waals surface area contributed by atoms with Crippen molar-refractivity contribution in [1.29, 1.82) is 0 Å². The quantitative estimate of drug-likeness (QED) is 0.339. The molecule has 1 unspecified atom stereocenters. The van der Waals surface area contributed by atoms with Gasteiger partial charge in [0.15, 0.2) is 0 Å². The van der Waals surface area contributed by atoms with Gasteiger partial charge in [-0.2, -0.15) is 4.72 Å². The zero-order chi connectivity index (χ0) is 28.3. The number of H-pyrrole nitrogens is 1. The number of benzene rings is 2. The van der Waals surface area contributed by atoms with E-state index in [9.17, 15) is 18.0 Å². The monoisotopic (exact) mass is 566 g/mol. The molecule has 214 valence electrons. The Morgan fingerprint density at radius 2 is 1.90 bits per heavy atom. The van der Waals surface area contributed by atoms with E-state index in [1.807, 2.05) is 36.5 Å². The molecule has 0 spiro atoms. The van der Waals surface area contributed by atoms with Crippen LogP contribution in [-0.2, 0) is 37.2 Å². The van der Waals surface area contributed by atoms with Gasteiger partial charge >= 0.3 is 5.97 Å². The number of para-hydroxylation sites is 2. The molecule has 1 saturated heterocycles. The molecule has 2 aromatic carbocycles. The van der Waals surface area contributed by atoms with E-state index in [4.69, 9.17) is 4.74 Å². The molecule has 5 rings (SSSR count). The molecule has 1 fully saturated rings. The van der Waals surface area contributed by atoms with Crippen molar-refractivity contribution in [2.24, 2.45) is 11.8 Å². The van der Waals surface area contributed by atoms with Crippen LogP contribution in [0.25, 0.3) is 10.9 Å². The fourth-order valence-electron chi connectivity index (χ4n) is 5.88. The third-order valence-corrected chi connectivity index (χ3v) is 9.56. The molecule has 3 aromatic rings. The Morgan fingerprint density at radius 3 is 2.67 bits per heavy atom. The highest BCUT2D eigenvalue weighted by molar-refractivity contribution is 7.89. The van der Waals surface area contributed by atoms with Crippen molar-refractivity contribution in [1.82, 2.24) is 14.6 Å². The predicted octanol–water partition coefficient (Wildman–Crippen LogP) is 3.85. The number of esters is 1. The number of aromatic amines is 1. The average Bonchev–Trinajstić information content (AvgIpc) is 3.34. The minimum Gasteiger partial charge on any atom is -0.466 e. The summed E-state index contributed by atoms with van der Waals surface area (Å²) >= 11 is 0. The van der Waals surface area contributed by atoms with Crippen LogP contribution in [0.5, 0.6) is 0 Å². The summed E-state index contributed by atoms with van der Waals surface area (Å²) in [5.74, 6) is 0.256. The highest BCUT2D eigenvalue weighted by Crippen LogP contribution is 2.32. The van der Waals surface area contributed by atoms with Gasteiger partial charge in [-0.3, -0.25) is 9.59 Å². The van der Waals surface area contributed by atoms with Crippen molar-refractivity contribution in [2.45, 2.75) is 56.9 Å². The molecule has 1 amide bonds. The average molecular weight is 567 g/mol. The molecular formula is C30H38N4O5S. The smallest absolute Gasteiger partial charge is 0.302 e. The Hall–Kier alpha value is -3.37. The standard InChI is InChI=1S/C30H38N4O5S/c1-20-16-23-6-5-9-28(29(23)32-18-20)40(37,38)33-27(17-24-19-31-26-8-4-3-7-25(24)26)30(36)34-13-10-22(11-14-34)12-15-39-21(2)35/h3-9,19-20,22,27,31-33H,10-18H2,1-2H3/t20-,27?/m0/s1. The summed E-state index contributed by atoms with van der Waals surface area (Å²) in [5, 5.41) is 4.27. The normalized spacial score (nSPS) is 18.6. The van der Waals surface area contributed by atoms with Crippen molar-refractivity contribution in [3.63, 3.8) is 0 Å². The van der Waals surface area contributed by atoms with Gasteiger partial charge in [0, 0.05) is 43.7 Å². The Labute approximate surface area is 235 Å². The molecule has 2 atom stereocenters. The zero-order valence-corrected chi connectivity index (χ0v) is 23.9. The molecule has 0 bridgehead atoms. The van der Waals surface area contributed by atoms with Crippen LogP contribution in [0.1, 0.15) is 44.2 Å². The Bertz CT molecular complexity index is 1480. The second-order valence-corrected chi connectivity index (χ2v) is 12.8. The molecule has 0 saturated carbocycles. The predicted molar refractivity (Wildman–Crippen MR) is 154 cm³/mol. The lowest BCUT2D eigenvalue weighted by Crippen LogP contribution is -2.51. The number of carbonyl (C=O) groups is 2. The Kier molecular flexibility index (Phi) is 8.46. The van der Waals surface area contributed by atoms with Gasteiger partial charge < -0.3 is 19.9 Å². The number of rotatable bonds is 9. The molecular weight excluding hydrogens is 528 g/mol. The highest BCUT2D eigenvalue weighted by Gasteiger charge is 2.34. The number of ether oxygens (including phenoxy) is 1. The first-order valence-electron chi connectivity index (χ1n) is 14.1. The number of sulfonamides is 1. The number of piperidine rings is 1. The minimum absolute atomic E-state index is 0.179. The van der Waals surface area contributed by atoms with E-state index >= 15 is 0 Å². The first-order chi connectivity index (χ1) is 19.2. The van der Waals surface area contributed by atoms with Crippen LogP contribution >= 0.6 is 0 Å². The van der Waals surface area contributed by atoms with Crippen LogP contribution in [0.3, 0.4) is 0 Å². The molecule has 40 heavy (non-hydrogen) atoms. The minimum atomic E-state index is -4.01. The van der Waals surface area contributed by atoms with Crippen molar-refractivity contribution in [2.75, 3.05) is 31.6 Å². The number of aromatic nitrogens is 1. The van der Waals surface area contributed by atoms with Gasteiger partial charge in [-0.1, -0.05) is 37.3 Å². The summed E-state index contributed by atoms with van der Waals surface area (Å²) in [5.41, 5.74) is 3.42. The van der Waals surface area contributed by atoms with Gasteiger partial charge in [0.2, 0.25) is 15.9 Å². The largest absolute Gasteiger partial charge is 0.466 e. The van der Waals surface area contributed by atoms with Crippen LogP contribution < -0.4 is 10.0 Å². The number of likely N-dealkylation sites (tertiary alicyclic amines) is 1. The Balaban J connectivity index is 1.37. The molecule has 2 aliphatic heterocycles. The maximum atomic E-state index is 13.9. The summed E-state index contributed by atoms with van der Waals surface area (Å²) < 4.78 is 35.5. The van der Waals surface area contributed by atoms with Crippen LogP contribution in [0.15, 0.2) is 53.6 Å². The molecule has 3 N–H and O–H groups in total. The lowest BCUT2D eigenvalue weighted by Gasteiger charge is -2.34. The first-order valence-corrected chi connectivity index (χ1v) is 15.5. The van der Waals surface area contributed by atoms with Crippen molar-refractivity contribution < 1.29 is 22.7 Å². The van der Waals surface area contributed by atoms with Crippen LogP contribution in [0, 0.1) is 11.8 Å². The lowest BCUT2D eigenvalue weighted by atomic mass is 9.93. The van der Waals surface area contributed by atoms with Crippen LogP contribution in [0.4, 0.5) is 5.69 Å². The fraction of sp³-hybridized carbons (Fsp3) is 0.467. The van der Waals surface area contributed by atoms with Gasteiger partial charge in [-0.25, -0.2) is 8.42 Å². The maximum absolute atomic E-state index is 13.9. The maximum Gasteiger partial charge on any atom is 0.302 e.